The molecule has 0 spiro atoms. The molecule has 0 atom stereocenters. The highest BCUT2D eigenvalue weighted by Crippen LogP contribution is 2.30. The van der Waals surface area contributed by atoms with Crippen LogP contribution < -0.4 is 10.6 Å². The maximum absolute atomic E-state index is 6.23. The second kappa shape index (κ2) is 4.16. The standard InChI is InChI=1S/C15H19N3/c1-10-11(2)17-14-6-5-12(9-13(14)15(10)16)18-7-3-4-8-18/h5-6,9H,3-4,7-8H2,1-2H3,(H2,16,17). The van der Waals surface area contributed by atoms with Crippen LogP contribution in [0.1, 0.15) is 24.1 Å². The molecule has 1 aliphatic heterocycles. The van der Waals surface area contributed by atoms with Crippen LogP contribution in [0.3, 0.4) is 0 Å². The molecule has 94 valence electrons. The van der Waals surface area contributed by atoms with Gasteiger partial charge in [0, 0.05) is 35.5 Å². The number of hydrogen-bond donors (Lipinski definition) is 1. The van der Waals surface area contributed by atoms with Crippen molar-refractivity contribution in [3.05, 3.63) is 29.5 Å². The monoisotopic (exact) mass is 241 g/mol. The Labute approximate surface area is 108 Å². The highest BCUT2D eigenvalue weighted by molar-refractivity contribution is 5.94. The van der Waals surface area contributed by atoms with Gasteiger partial charge in [-0.25, -0.2) is 0 Å². The number of nitrogens with two attached hydrogens (primary N) is 1. The first-order valence-corrected chi connectivity index (χ1v) is 6.58. The molecule has 0 aliphatic carbocycles. The molecule has 2 N–H and O–H groups in total. The molecule has 0 amide bonds. The van der Waals surface area contributed by atoms with Crippen LogP contribution in [-0.2, 0) is 0 Å². The Morgan fingerprint density at radius 2 is 1.89 bits per heavy atom. The van der Waals surface area contributed by atoms with Gasteiger partial charge in [-0.05, 0) is 50.5 Å². The fraction of sp³-hybridized carbons (Fsp3) is 0.400. The van der Waals surface area contributed by atoms with E-state index in [-0.39, 0.29) is 0 Å². The van der Waals surface area contributed by atoms with E-state index in [1.807, 2.05) is 13.8 Å². The Balaban J connectivity index is 2.16. The second-order valence-corrected chi connectivity index (χ2v) is 5.13. The van der Waals surface area contributed by atoms with Gasteiger partial charge in [-0.3, -0.25) is 4.98 Å². The zero-order valence-corrected chi connectivity index (χ0v) is 11.0. The van der Waals surface area contributed by atoms with Gasteiger partial charge in [-0.15, -0.1) is 0 Å². The Morgan fingerprint density at radius 1 is 1.17 bits per heavy atom. The molecule has 2 heterocycles. The summed E-state index contributed by atoms with van der Waals surface area (Å²) in [5.74, 6) is 0. The SMILES string of the molecule is Cc1nc2ccc(N3CCCC3)cc2c(N)c1C. The lowest BCUT2D eigenvalue weighted by Gasteiger charge is -2.18. The van der Waals surface area contributed by atoms with E-state index in [1.165, 1.54) is 18.5 Å². The maximum Gasteiger partial charge on any atom is 0.0727 e. The minimum atomic E-state index is 0.874. The molecule has 1 saturated heterocycles. The van der Waals surface area contributed by atoms with E-state index in [4.69, 9.17) is 5.73 Å². The predicted molar refractivity (Wildman–Crippen MR) is 77.1 cm³/mol. The number of benzene rings is 1. The molecule has 1 aromatic heterocycles. The van der Waals surface area contributed by atoms with E-state index in [0.717, 1.165) is 40.9 Å². The van der Waals surface area contributed by atoms with Crippen molar-refractivity contribution in [3.8, 4) is 0 Å². The lowest BCUT2D eigenvalue weighted by Crippen LogP contribution is -2.17. The summed E-state index contributed by atoms with van der Waals surface area (Å²) in [6, 6.07) is 6.44. The van der Waals surface area contributed by atoms with Crippen molar-refractivity contribution < 1.29 is 0 Å². The van der Waals surface area contributed by atoms with E-state index in [2.05, 4.69) is 28.1 Å². The average Bonchev–Trinajstić information content (AvgIpc) is 2.90. The molecule has 1 fully saturated rings. The maximum atomic E-state index is 6.23. The number of pyridine rings is 1. The molecule has 1 aromatic carbocycles. The average molecular weight is 241 g/mol. The molecule has 2 aromatic rings. The molecule has 1 aliphatic rings. The Morgan fingerprint density at radius 3 is 2.61 bits per heavy atom. The number of anilines is 2. The number of aryl methyl sites for hydroxylation is 1. The lowest BCUT2D eigenvalue weighted by molar-refractivity contribution is 0.949. The van der Waals surface area contributed by atoms with Gasteiger partial charge >= 0.3 is 0 Å². The van der Waals surface area contributed by atoms with Crippen LogP contribution in [0.25, 0.3) is 10.9 Å². The fourth-order valence-corrected chi connectivity index (χ4v) is 2.67. The van der Waals surface area contributed by atoms with Gasteiger partial charge in [0.25, 0.3) is 0 Å². The highest BCUT2D eigenvalue weighted by atomic mass is 15.1. The van der Waals surface area contributed by atoms with E-state index >= 15 is 0 Å². The molecule has 0 radical (unpaired) electrons. The Kier molecular flexibility index (Phi) is 2.62. The summed E-state index contributed by atoms with van der Waals surface area (Å²) in [6.45, 7) is 6.37. The third-order valence-electron chi connectivity index (χ3n) is 3.98. The molecule has 0 unspecified atom stereocenters. The highest BCUT2D eigenvalue weighted by Gasteiger charge is 2.14. The number of nitrogen functional groups attached to an aromatic ring is 1. The normalized spacial score (nSPS) is 15.6. The van der Waals surface area contributed by atoms with Crippen molar-refractivity contribution >= 4 is 22.3 Å². The summed E-state index contributed by atoms with van der Waals surface area (Å²) >= 11 is 0. The van der Waals surface area contributed by atoms with Gasteiger partial charge in [0.1, 0.15) is 0 Å². The van der Waals surface area contributed by atoms with Crippen LogP contribution in [0.4, 0.5) is 11.4 Å². The molecule has 3 nitrogen and oxygen atoms in total. The Bertz CT molecular complexity index is 598. The number of nitrogens with zero attached hydrogens (tertiary/aromatic N) is 2. The zero-order chi connectivity index (χ0) is 12.7. The second-order valence-electron chi connectivity index (χ2n) is 5.13. The molecular weight excluding hydrogens is 222 g/mol. The summed E-state index contributed by atoms with van der Waals surface area (Å²) in [5.41, 5.74) is 11.5. The number of fused-ring (bicyclic) bond motifs is 1. The summed E-state index contributed by atoms with van der Waals surface area (Å²) in [4.78, 5) is 7.03. The smallest absolute Gasteiger partial charge is 0.0727 e. The number of aromatic nitrogens is 1. The quantitative estimate of drug-likeness (QED) is 0.834. The van der Waals surface area contributed by atoms with Crippen molar-refractivity contribution in [1.82, 2.24) is 4.98 Å². The summed E-state index contributed by atoms with van der Waals surface area (Å²) < 4.78 is 0. The van der Waals surface area contributed by atoms with E-state index < -0.39 is 0 Å². The molecule has 18 heavy (non-hydrogen) atoms. The van der Waals surface area contributed by atoms with Crippen LogP contribution in [0.15, 0.2) is 18.2 Å². The van der Waals surface area contributed by atoms with Crippen molar-refractivity contribution in [3.63, 3.8) is 0 Å². The van der Waals surface area contributed by atoms with Gasteiger partial charge in [0.15, 0.2) is 0 Å². The van der Waals surface area contributed by atoms with Crippen LogP contribution >= 0.6 is 0 Å². The minimum Gasteiger partial charge on any atom is -0.398 e. The van der Waals surface area contributed by atoms with Gasteiger partial charge < -0.3 is 10.6 Å². The largest absolute Gasteiger partial charge is 0.398 e. The lowest BCUT2D eigenvalue weighted by atomic mass is 10.1. The van der Waals surface area contributed by atoms with Crippen LogP contribution in [0.5, 0.6) is 0 Å². The van der Waals surface area contributed by atoms with Crippen molar-refractivity contribution in [2.75, 3.05) is 23.7 Å². The van der Waals surface area contributed by atoms with Crippen LogP contribution in [0.2, 0.25) is 0 Å². The van der Waals surface area contributed by atoms with E-state index in [0.29, 0.717) is 0 Å². The summed E-state index contributed by atoms with van der Waals surface area (Å²) in [5, 5.41) is 1.09. The Hall–Kier alpha value is -1.77. The zero-order valence-electron chi connectivity index (χ0n) is 11.0. The number of hydrogen-bond acceptors (Lipinski definition) is 3. The predicted octanol–water partition coefficient (Wildman–Crippen LogP) is 3.03. The van der Waals surface area contributed by atoms with Gasteiger partial charge in [0.05, 0.1) is 5.52 Å². The fourth-order valence-electron chi connectivity index (χ4n) is 2.67. The van der Waals surface area contributed by atoms with E-state index in [9.17, 15) is 0 Å². The topological polar surface area (TPSA) is 42.2 Å². The first-order chi connectivity index (χ1) is 8.66. The third kappa shape index (κ3) is 1.70. The van der Waals surface area contributed by atoms with Gasteiger partial charge in [-0.2, -0.15) is 0 Å². The summed E-state index contributed by atoms with van der Waals surface area (Å²) in [6.07, 6.45) is 2.58. The van der Waals surface area contributed by atoms with Crippen LogP contribution in [0, 0.1) is 13.8 Å². The van der Waals surface area contributed by atoms with Crippen molar-refractivity contribution in [1.29, 1.82) is 0 Å². The molecule has 3 rings (SSSR count). The number of rotatable bonds is 1. The molecule has 3 heteroatoms. The van der Waals surface area contributed by atoms with E-state index in [1.54, 1.807) is 0 Å². The minimum absolute atomic E-state index is 0.874. The van der Waals surface area contributed by atoms with Crippen LogP contribution in [-0.4, -0.2) is 18.1 Å². The third-order valence-corrected chi connectivity index (χ3v) is 3.98. The van der Waals surface area contributed by atoms with Crippen molar-refractivity contribution in [2.45, 2.75) is 26.7 Å². The molecule has 0 bridgehead atoms. The van der Waals surface area contributed by atoms with Crippen molar-refractivity contribution in [2.24, 2.45) is 0 Å². The van der Waals surface area contributed by atoms with Gasteiger partial charge in [-0.1, -0.05) is 0 Å². The first-order valence-electron chi connectivity index (χ1n) is 6.58. The first kappa shape index (κ1) is 11.3. The van der Waals surface area contributed by atoms with Gasteiger partial charge in [0.2, 0.25) is 0 Å². The molecular formula is C15H19N3. The summed E-state index contributed by atoms with van der Waals surface area (Å²) in [7, 11) is 0. The molecule has 0 saturated carbocycles.